The lowest BCUT2D eigenvalue weighted by Crippen LogP contribution is -2.52. The second-order valence-corrected chi connectivity index (χ2v) is 7.58. The molecule has 154 valence electrons. The zero-order valence-electron chi connectivity index (χ0n) is 17.0. The number of aryl methyl sites for hydroxylation is 1. The summed E-state index contributed by atoms with van der Waals surface area (Å²) in [4.78, 5) is 29.4. The summed E-state index contributed by atoms with van der Waals surface area (Å²) in [6, 6.07) is 5.59. The number of likely N-dealkylation sites (tertiary alicyclic amines) is 1. The zero-order chi connectivity index (χ0) is 19.9. The maximum absolute atomic E-state index is 13.0. The highest BCUT2D eigenvalue weighted by atomic mass is 16.5. The molecule has 0 aliphatic carbocycles. The van der Waals surface area contributed by atoms with Gasteiger partial charge in [0, 0.05) is 50.0 Å². The van der Waals surface area contributed by atoms with E-state index in [9.17, 15) is 9.59 Å². The number of carbonyl (C=O) groups excluding carboxylic acids is 2. The van der Waals surface area contributed by atoms with Gasteiger partial charge in [-0.05, 0) is 56.9 Å². The Bertz CT molecular complexity index is 688. The summed E-state index contributed by atoms with van der Waals surface area (Å²) in [7, 11) is 0. The van der Waals surface area contributed by atoms with Crippen LogP contribution in [0.2, 0.25) is 0 Å². The highest BCUT2D eigenvalue weighted by Crippen LogP contribution is 2.22. The lowest BCUT2D eigenvalue weighted by molar-refractivity contribution is 0.0229. The lowest BCUT2D eigenvalue weighted by atomic mass is 10.0. The van der Waals surface area contributed by atoms with Crippen LogP contribution < -0.4 is 10.6 Å². The molecule has 1 aromatic rings. The molecule has 2 fully saturated rings. The number of piperidine rings is 1. The average Bonchev–Trinajstić information content (AvgIpc) is 2.71. The number of anilines is 1. The molecule has 0 radical (unpaired) electrons. The first-order valence-corrected chi connectivity index (χ1v) is 10.3. The van der Waals surface area contributed by atoms with Gasteiger partial charge in [-0.1, -0.05) is 0 Å². The normalized spacial score (nSPS) is 20.6. The molecule has 3 amide bonds. The third kappa shape index (κ3) is 5.23. The van der Waals surface area contributed by atoms with Gasteiger partial charge < -0.3 is 20.3 Å². The monoisotopic (exact) mass is 388 g/mol. The summed E-state index contributed by atoms with van der Waals surface area (Å²) >= 11 is 0. The van der Waals surface area contributed by atoms with E-state index in [1.165, 1.54) is 6.42 Å². The molecular weight excluding hydrogens is 356 g/mol. The minimum Gasteiger partial charge on any atom is -0.379 e. The maximum atomic E-state index is 13.0. The van der Waals surface area contributed by atoms with Crippen LogP contribution in [0.5, 0.6) is 0 Å². The van der Waals surface area contributed by atoms with E-state index in [2.05, 4.69) is 15.5 Å². The predicted octanol–water partition coefficient (Wildman–Crippen LogP) is 2.46. The molecule has 2 saturated heterocycles. The van der Waals surface area contributed by atoms with E-state index in [0.717, 1.165) is 63.5 Å². The first kappa shape index (κ1) is 20.6. The first-order chi connectivity index (χ1) is 13.6. The highest BCUT2D eigenvalue weighted by molar-refractivity contribution is 5.96. The zero-order valence-corrected chi connectivity index (χ0v) is 17.0. The number of morpholine rings is 1. The minimum atomic E-state index is -0.0925. The summed E-state index contributed by atoms with van der Waals surface area (Å²) in [5.74, 6) is -0.0925. The smallest absolute Gasteiger partial charge is 0.322 e. The molecule has 1 aromatic carbocycles. The largest absolute Gasteiger partial charge is 0.379 e. The molecule has 0 spiro atoms. The fourth-order valence-corrected chi connectivity index (χ4v) is 3.93. The van der Waals surface area contributed by atoms with E-state index in [1.807, 2.05) is 30.9 Å². The van der Waals surface area contributed by atoms with Gasteiger partial charge in [0.1, 0.15) is 0 Å². The Balaban J connectivity index is 1.64. The topological polar surface area (TPSA) is 73.9 Å². The number of ether oxygens (including phenoxy) is 1. The van der Waals surface area contributed by atoms with Crippen molar-refractivity contribution in [3.63, 3.8) is 0 Å². The Kier molecular flexibility index (Phi) is 7.28. The number of nitrogens with zero attached hydrogens (tertiary/aromatic N) is 2. The number of urea groups is 1. The van der Waals surface area contributed by atoms with Crippen molar-refractivity contribution in [2.75, 3.05) is 51.3 Å². The van der Waals surface area contributed by atoms with Crippen molar-refractivity contribution in [3.8, 4) is 0 Å². The molecule has 7 nitrogen and oxygen atoms in total. The number of nitrogens with one attached hydrogen (secondary N) is 2. The Morgan fingerprint density at radius 2 is 1.96 bits per heavy atom. The van der Waals surface area contributed by atoms with E-state index >= 15 is 0 Å². The van der Waals surface area contributed by atoms with Crippen LogP contribution in [-0.2, 0) is 4.74 Å². The lowest BCUT2D eigenvalue weighted by Gasteiger charge is -2.39. The van der Waals surface area contributed by atoms with E-state index in [4.69, 9.17) is 4.74 Å². The van der Waals surface area contributed by atoms with Gasteiger partial charge >= 0.3 is 6.03 Å². The highest BCUT2D eigenvalue weighted by Gasteiger charge is 2.29. The summed E-state index contributed by atoms with van der Waals surface area (Å²) in [5, 5.41) is 5.85. The fraction of sp³-hybridized carbons (Fsp3) is 0.619. The summed E-state index contributed by atoms with van der Waals surface area (Å²) in [5.41, 5.74) is 2.26. The van der Waals surface area contributed by atoms with Gasteiger partial charge in [-0.3, -0.25) is 9.69 Å². The molecule has 28 heavy (non-hydrogen) atoms. The van der Waals surface area contributed by atoms with Gasteiger partial charge in [0.15, 0.2) is 0 Å². The second kappa shape index (κ2) is 9.89. The van der Waals surface area contributed by atoms with Crippen molar-refractivity contribution in [3.05, 3.63) is 29.3 Å². The molecule has 1 atom stereocenters. The molecule has 3 rings (SSSR count). The van der Waals surface area contributed by atoms with Crippen molar-refractivity contribution in [2.24, 2.45) is 0 Å². The third-order valence-corrected chi connectivity index (χ3v) is 5.53. The first-order valence-electron chi connectivity index (χ1n) is 10.3. The number of hydrogen-bond acceptors (Lipinski definition) is 4. The Hall–Kier alpha value is -2.12. The van der Waals surface area contributed by atoms with Crippen LogP contribution >= 0.6 is 0 Å². The molecule has 7 heteroatoms. The summed E-state index contributed by atoms with van der Waals surface area (Å²) < 4.78 is 5.43. The average molecular weight is 389 g/mol. The van der Waals surface area contributed by atoms with Gasteiger partial charge in [0.2, 0.25) is 0 Å². The van der Waals surface area contributed by atoms with Gasteiger partial charge in [0.25, 0.3) is 5.91 Å². The number of hydrogen-bond donors (Lipinski definition) is 2. The number of rotatable bonds is 5. The Labute approximate surface area is 167 Å². The summed E-state index contributed by atoms with van der Waals surface area (Å²) in [6.07, 6.45) is 3.25. The van der Waals surface area contributed by atoms with E-state index in [-0.39, 0.29) is 18.0 Å². The second-order valence-electron chi connectivity index (χ2n) is 7.58. The summed E-state index contributed by atoms with van der Waals surface area (Å²) in [6.45, 7) is 9.52. The van der Waals surface area contributed by atoms with E-state index < -0.39 is 0 Å². The Morgan fingerprint density at radius 1 is 1.18 bits per heavy atom. The van der Waals surface area contributed by atoms with Crippen molar-refractivity contribution in [1.82, 2.24) is 15.1 Å². The van der Waals surface area contributed by atoms with Gasteiger partial charge in [0.05, 0.1) is 13.2 Å². The van der Waals surface area contributed by atoms with Crippen LogP contribution in [0, 0.1) is 6.92 Å². The van der Waals surface area contributed by atoms with Gasteiger partial charge in [-0.15, -0.1) is 0 Å². The molecule has 2 aliphatic heterocycles. The number of benzene rings is 1. The van der Waals surface area contributed by atoms with Crippen LogP contribution in [0.25, 0.3) is 0 Å². The molecule has 0 saturated carbocycles. The number of carbonyl (C=O) groups is 2. The van der Waals surface area contributed by atoms with Gasteiger partial charge in [-0.2, -0.15) is 0 Å². The quantitative estimate of drug-likeness (QED) is 0.813. The van der Waals surface area contributed by atoms with E-state index in [1.54, 1.807) is 6.07 Å². The van der Waals surface area contributed by atoms with Crippen LogP contribution in [0.15, 0.2) is 18.2 Å². The standard InChI is InChI=1S/C21H32N4O3/c1-3-22-20(26)17-7-8-19(16(2)14-17)23-21(27)25-9-5-4-6-18(25)15-24-10-12-28-13-11-24/h7-8,14,18H,3-6,9-13,15H2,1-2H3,(H,22,26)(H,23,27)/t18-/m0/s1. The Morgan fingerprint density at radius 3 is 2.68 bits per heavy atom. The maximum Gasteiger partial charge on any atom is 0.322 e. The van der Waals surface area contributed by atoms with E-state index in [0.29, 0.717) is 12.1 Å². The van der Waals surface area contributed by atoms with Crippen molar-refractivity contribution >= 4 is 17.6 Å². The molecule has 0 bridgehead atoms. The van der Waals surface area contributed by atoms with Crippen LogP contribution in [0.4, 0.5) is 10.5 Å². The van der Waals surface area contributed by atoms with Crippen LogP contribution in [0.1, 0.15) is 42.1 Å². The SMILES string of the molecule is CCNC(=O)c1ccc(NC(=O)N2CCCC[C@H]2CN2CCOCC2)c(C)c1. The molecular formula is C21H32N4O3. The van der Waals surface area contributed by atoms with Gasteiger partial charge in [-0.25, -0.2) is 4.79 Å². The molecule has 2 aliphatic rings. The number of amides is 3. The van der Waals surface area contributed by atoms with Crippen molar-refractivity contribution in [2.45, 2.75) is 39.2 Å². The van der Waals surface area contributed by atoms with Crippen molar-refractivity contribution in [1.29, 1.82) is 0 Å². The predicted molar refractivity (Wildman–Crippen MR) is 110 cm³/mol. The van der Waals surface area contributed by atoms with Crippen LogP contribution in [0.3, 0.4) is 0 Å². The molecule has 2 N–H and O–H groups in total. The third-order valence-electron chi connectivity index (χ3n) is 5.53. The molecule has 0 aromatic heterocycles. The van der Waals surface area contributed by atoms with Crippen LogP contribution in [-0.4, -0.2) is 73.7 Å². The van der Waals surface area contributed by atoms with Crippen molar-refractivity contribution < 1.29 is 14.3 Å². The fourth-order valence-electron chi connectivity index (χ4n) is 3.93. The molecule has 0 unspecified atom stereocenters. The molecule has 2 heterocycles. The minimum absolute atomic E-state index is 0.0492.